The van der Waals surface area contributed by atoms with Gasteiger partial charge in [0.15, 0.2) is 0 Å². The van der Waals surface area contributed by atoms with Gasteiger partial charge in [-0.2, -0.15) is 0 Å². The zero-order valence-corrected chi connectivity index (χ0v) is 11.1. The van der Waals surface area contributed by atoms with Crippen LogP contribution >= 0.6 is 0 Å². The van der Waals surface area contributed by atoms with Gasteiger partial charge in [0.05, 0.1) is 13.1 Å². The molecule has 1 rings (SSSR count). The lowest BCUT2D eigenvalue weighted by Gasteiger charge is -2.10. The van der Waals surface area contributed by atoms with Gasteiger partial charge in [-0.05, 0) is 38.8 Å². The van der Waals surface area contributed by atoms with E-state index in [2.05, 4.69) is 56.9 Å². The van der Waals surface area contributed by atoms with E-state index in [4.69, 9.17) is 0 Å². The Kier molecular flexibility index (Phi) is 7.72. The van der Waals surface area contributed by atoms with Gasteiger partial charge in [-0.25, -0.2) is 0 Å². The van der Waals surface area contributed by atoms with E-state index in [1.807, 2.05) is 0 Å². The molecule has 0 bridgehead atoms. The molecule has 1 aromatic rings. The molecule has 88 valence electrons. The van der Waals surface area contributed by atoms with Crippen molar-refractivity contribution in [3.63, 3.8) is 0 Å². The summed E-state index contributed by atoms with van der Waals surface area (Å²) in [6.07, 6.45) is 0. The van der Waals surface area contributed by atoms with Crippen LogP contribution in [0.4, 0.5) is 0 Å². The molecule has 1 aromatic carbocycles. The van der Waals surface area contributed by atoms with E-state index in [0.717, 1.165) is 25.2 Å². The summed E-state index contributed by atoms with van der Waals surface area (Å²) >= 11 is 0. The second kappa shape index (κ2) is 8.21. The Labute approximate surface area is 105 Å². The van der Waals surface area contributed by atoms with Crippen LogP contribution in [-0.2, 0) is 0 Å². The van der Waals surface area contributed by atoms with Gasteiger partial charge in [0.1, 0.15) is 6.54 Å². The SMILES string of the molecule is CC[NH+](CC)CC#Cc1ccc(C)cc1.[Cl-]. The van der Waals surface area contributed by atoms with Gasteiger partial charge in [-0.3, -0.25) is 0 Å². The van der Waals surface area contributed by atoms with E-state index >= 15 is 0 Å². The van der Waals surface area contributed by atoms with Gasteiger partial charge in [-0.15, -0.1) is 0 Å². The summed E-state index contributed by atoms with van der Waals surface area (Å²) in [5.41, 5.74) is 2.40. The molecule has 2 heteroatoms. The number of halogens is 1. The fourth-order valence-corrected chi connectivity index (χ4v) is 1.41. The molecular weight excluding hydrogens is 218 g/mol. The number of rotatable bonds is 3. The molecule has 0 unspecified atom stereocenters. The first-order valence-corrected chi connectivity index (χ1v) is 5.65. The number of aryl methyl sites for hydroxylation is 1. The Hall–Kier alpha value is -0.970. The van der Waals surface area contributed by atoms with E-state index < -0.39 is 0 Å². The van der Waals surface area contributed by atoms with Crippen molar-refractivity contribution < 1.29 is 17.3 Å². The molecule has 0 saturated heterocycles. The van der Waals surface area contributed by atoms with Gasteiger partial charge >= 0.3 is 0 Å². The van der Waals surface area contributed by atoms with Crippen molar-refractivity contribution >= 4 is 0 Å². The predicted molar refractivity (Wildman–Crippen MR) is 65.0 cm³/mol. The maximum Gasteiger partial charge on any atom is 0.139 e. The topological polar surface area (TPSA) is 4.44 Å². The van der Waals surface area contributed by atoms with Crippen LogP contribution < -0.4 is 17.3 Å². The number of hydrogen-bond donors (Lipinski definition) is 1. The minimum atomic E-state index is 0. The van der Waals surface area contributed by atoms with Gasteiger partial charge in [0.25, 0.3) is 0 Å². The van der Waals surface area contributed by atoms with E-state index in [0.29, 0.717) is 0 Å². The van der Waals surface area contributed by atoms with Crippen LogP contribution in [0.2, 0.25) is 0 Å². The molecule has 1 N–H and O–H groups in total. The molecule has 0 saturated carbocycles. The van der Waals surface area contributed by atoms with Crippen molar-refractivity contribution in [2.75, 3.05) is 19.6 Å². The fraction of sp³-hybridized carbons (Fsp3) is 0.429. The zero-order valence-electron chi connectivity index (χ0n) is 10.3. The van der Waals surface area contributed by atoms with Crippen LogP contribution in [-0.4, -0.2) is 19.6 Å². The van der Waals surface area contributed by atoms with E-state index in [1.54, 1.807) is 0 Å². The molecule has 0 aliphatic carbocycles. The smallest absolute Gasteiger partial charge is 0.139 e. The Morgan fingerprint density at radius 1 is 1.06 bits per heavy atom. The van der Waals surface area contributed by atoms with Crippen LogP contribution in [0.1, 0.15) is 25.0 Å². The summed E-state index contributed by atoms with van der Waals surface area (Å²) in [5, 5.41) is 0. The minimum Gasteiger partial charge on any atom is -1.00 e. The minimum absolute atomic E-state index is 0. The second-order valence-corrected chi connectivity index (χ2v) is 3.80. The lowest BCUT2D eigenvalue weighted by Crippen LogP contribution is -3.11. The Morgan fingerprint density at radius 2 is 1.62 bits per heavy atom. The lowest BCUT2D eigenvalue weighted by molar-refractivity contribution is -0.889. The normalized spacial score (nSPS) is 9.25. The molecular formula is C14H20ClN. The van der Waals surface area contributed by atoms with Crippen molar-refractivity contribution in [2.45, 2.75) is 20.8 Å². The first kappa shape index (κ1) is 15.0. The Morgan fingerprint density at radius 3 is 2.12 bits per heavy atom. The van der Waals surface area contributed by atoms with Crippen LogP contribution in [0.5, 0.6) is 0 Å². The first-order chi connectivity index (χ1) is 7.26. The predicted octanol–water partition coefficient (Wildman–Crippen LogP) is -1.72. The quantitative estimate of drug-likeness (QED) is 0.597. The van der Waals surface area contributed by atoms with E-state index in [9.17, 15) is 0 Å². The highest BCUT2D eigenvalue weighted by Gasteiger charge is 1.96. The van der Waals surface area contributed by atoms with Crippen molar-refractivity contribution in [3.05, 3.63) is 35.4 Å². The number of quaternary nitrogens is 1. The third-order valence-corrected chi connectivity index (χ3v) is 2.62. The van der Waals surface area contributed by atoms with Gasteiger partial charge in [-0.1, -0.05) is 23.6 Å². The van der Waals surface area contributed by atoms with Crippen LogP contribution in [0.3, 0.4) is 0 Å². The van der Waals surface area contributed by atoms with Gasteiger partial charge < -0.3 is 17.3 Å². The molecule has 0 aliphatic rings. The molecule has 0 heterocycles. The summed E-state index contributed by atoms with van der Waals surface area (Å²) < 4.78 is 0. The van der Waals surface area contributed by atoms with Crippen molar-refractivity contribution in [1.29, 1.82) is 0 Å². The first-order valence-electron chi connectivity index (χ1n) is 5.65. The summed E-state index contributed by atoms with van der Waals surface area (Å²) in [4.78, 5) is 1.54. The summed E-state index contributed by atoms with van der Waals surface area (Å²) in [5.74, 6) is 6.44. The molecule has 1 nitrogen and oxygen atoms in total. The highest BCUT2D eigenvalue weighted by atomic mass is 35.5. The summed E-state index contributed by atoms with van der Waals surface area (Å²) in [6, 6.07) is 8.38. The third-order valence-electron chi connectivity index (χ3n) is 2.62. The van der Waals surface area contributed by atoms with Crippen LogP contribution in [0.25, 0.3) is 0 Å². The lowest BCUT2D eigenvalue weighted by atomic mass is 10.1. The van der Waals surface area contributed by atoms with Gasteiger partial charge in [0.2, 0.25) is 0 Å². The largest absolute Gasteiger partial charge is 1.00 e. The summed E-state index contributed by atoms with van der Waals surface area (Å²) in [6.45, 7) is 9.75. The van der Waals surface area contributed by atoms with Gasteiger partial charge in [0, 0.05) is 5.56 Å². The maximum atomic E-state index is 3.24. The molecule has 16 heavy (non-hydrogen) atoms. The van der Waals surface area contributed by atoms with Crippen molar-refractivity contribution in [3.8, 4) is 11.8 Å². The van der Waals surface area contributed by atoms with E-state index in [-0.39, 0.29) is 12.4 Å². The number of nitrogens with one attached hydrogen (secondary N) is 1. The third kappa shape index (κ3) is 5.21. The molecule has 0 amide bonds. The standard InChI is InChI=1S/C14H19N.ClH/c1-4-15(5-2)12-6-7-14-10-8-13(3)9-11-14;/h8-11H,4-5,12H2,1-3H3;1H. The molecule has 0 radical (unpaired) electrons. The fourth-order valence-electron chi connectivity index (χ4n) is 1.41. The molecule has 0 atom stereocenters. The average Bonchev–Trinajstić information content (AvgIpc) is 2.27. The molecule has 0 spiro atoms. The van der Waals surface area contributed by atoms with E-state index in [1.165, 1.54) is 10.5 Å². The van der Waals surface area contributed by atoms with Crippen molar-refractivity contribution in [2.24, 2.45) is 0 Å². The monoisotopic (exact) mass is 237 g/mol. The van der Waals surface area contributed by atoms with Crippen LogP contribution in [0, 0.1) is 18.8 Å². The molecule has 0 aliphatic heterocycles. The Bertz CT molecular complexity index is 341. The van der Waals surface area contributed by atoms with Crippen molar-refractivity contribution in [1.82, 2.24) is 0 Å². The average molecular weight is 238 g/mol. The molecule has 0 fully saturated rings. The maximum absolute atomic E-state index is 3.24. The second-order valence-electron chi connectivity index (χ2n) is 3.80. The zero-order chi connectivity index (χ0) is 11.1. The van der Waals surface area contributed by atoms with Crippen LogP contribution in [0.15, 0.2) is 24.3 Å². The Balaban J connectivity index is 0.00000225. The highest BCUT2D eigenvalue weighted by molar-refractivity contribution is 5.35. The highest BCUT2D eigenvalue weighted by Crippen LogP contribution is 2.00. The number of hydrogen-bond acceptors (Lipinski definition) is 0. The molecule has 0 aromatic heterocycles. The summed E-state index contributed by atoms with van der Waals surface area (Å²) in [7, 11) is 0. The number of benzene rings is 1.